The summed E-state index contributed by atoms with van der Waals surface area (Å²) in [5, 5.41) is 0. The SMILES string of the molecule is Cc1ccc(OCCn2c(CN3CCOC(c4ccc5c(c4)nc(CN4CCOCC4)n5CCOc4ccccc4)C3)nc3ccccc32)cc1. The molecule has 0 spiro atoms. The molecular weight excluding hydrogens is 640 g/mol. The lowest BCUT2D eigenvalue weighted by molar-refractivity contribution is -0.0339. The van der Waals surface area contributed by atoms with E-state index in [1.165, 1.54) is 5.56 Å². The smallest absolute Gasteiger partial charge is 0.124 e. The third kappa shape index (κ3) is 7.94. The number of imidazole rings is 2. The molecule has 8 rings (SSSR count). The Morgan fingerprint density at radius 1 is 0.647 bits per heavy atom. The summed E-state index contributed by atoms with van der Waals surface area (Å²) in [6, 6.07) is 33.2. The molecule has 0 radical (unpaired) electrons. The molecule has 0 bridgehead atoms. The zero-order valence-corrected chi connectivity index (χ0v) is 29.3. The van der Waals surface area contributed by atoms with Crippen LogP contribution >= 0.6 is 0 Å². The number of ether oxygens (including phenoxy) is 4. The number of aromatic nitrogens is 4. The van der Waals surface area contributed by atoms with Crippen molar-refractivity contribution in [2.45, 2.75) is 39.2 Å². The highest BCUT2D eigenvalue weighted by Gasteiger charge is 2.25. The van der Waals surface area contributed by atoms with Gasteiger partial charge in [0.25, 0.3) is 0 Å². The first-order valence-corrected chi connectivity index (χ1v) is 18.1. The van der Waals surface area contributed by atoms with Gasteiger partial charge >= 0.3 is 0 Å². The van der Waals surface area contributed by atoms with Crippen LogP contribution in [0.4, 0.5) is 0 Å². The number of rotatable bonds is 13. The van der Waals surface area contributed by atoms with Gasteiger partial charge in [-0.25, -0.2) is 9.97 Å². The van der Waals surface area contributed by atoms with Crippen LogP contribution in [-0.2, 0) is 35.7 Å². The van der Waals surface area contributed by atoms with Crippen LogP contribution in [-0.4, -0.2) is 88.1 Å². The van der Waals surface area contributed by atoms with Crippen molar-refractivity contribution in [3.05, 3.63) is 120 Å². The van der Waals surface area contributed by atoms with Crippen LogP contribution in [0.2, 0.25) is 0 Å². The van der Waals surface area contributed by atoms with E-state index in [0.29, 0.717) is 19.8 Å². The molecule has 1 unspecified atom stereocenters. The maximum Gasteiger partial charge on any atom is 0.124 e. The molecule has 264 valence electrons. The summed E-state index contributed by atoms with van der Waals surface area (Å²) in [4.78, 5) is 15.2. The molecule has 1 atom stereocenters. The highest BCUT2D eigenvalue weighted by atomic mass is 16.5. The molecule has 0 saturated carbocycles. The predicted octanol–water partition coefficient (Wildman–Crippen LogP) is 6.26. The summed E-state index contributed by atoms with van der Waals surface area (Å²) in [6.45, 7) is 11.8. The minimum atomic E-state index is -0.0555. The summed E-state index contributed by atoms with van der Waals surface area (Å²) < 4.78 is 28.9. The van der Waals surface area contributed by atoms with Crippen LogP contribution in [0.5, 0.6) is 11.5 Å². The van der Waals surface area contributed by atoms with Gasteiger partial charge in [-0.15, -0.1) is 0 Å². The van der Waals surface area contributed by atoms with Crippen molar-refractivity contribution in [1.82, 2.24) is 28.9 Å². The minimum absolute atomic E-state index is 0.0555. The summed E-state index contributed by atoms with van der Waals surface area (Å²) in [7, 11) is 0. The molecule has 2 aliphatic rings. The van der Waals surface area contributed by atoms with E-state index < -0.39 is 0 Å². The van der Waals surface area contributed by atoms with Crippen molar-refractivity contribution in [3.8, 4) is 11.5 Å². The molecule has 10 nitrogen and oxygen atoms in total. The van der Waals surface area contributed by atoms with Crippen molar-refractivity contribution in [2.75, 3.05) is 59.2 Å². The number of para-hydroxylation sites is 3. The number of fused-ring (bicyclic) bond motifs is 2. The molecule has 51 heavy (non-hydrogen) atoms. The van der Waals surface area contributed by atoms with Gasteiger partial charge in [-0.1, -0.05) is 54.1 Å². The fourth-order valence-electron chi connectivity index (χ4n) is 7.13. The molecule has 4 heterocycles. The Labute approximate surface area is 299 Å². The Morgan fingerprint density at radius 3 is 2.04 bits per heavy atom. The van der Waals surface area contributed by atoms with Crippen molar-refractivity contribution in [2.24, 2.45) is 0 Å². The normalized spacial score (nSPS) is 17.3. The zero-order valence-electron chi connectivity index (χ0n) is 29.3. The largest absolute Gasteiger partial charge is 0.492 e. The number of nitrogens with zero attached hydrogens (tertiary/aromatic N) is 6. The number of aryl methyl sites for hydroxylation is 1. The second-order valence-corrected chi connectivity index (χ2v) is 13.4. The molecule has 2 saturated heterocycles. The quantitative estimate of drug-likeness (QED) is 0.141. The van der Waals surface area contributed by atoms with Crippen molar-refractivity contribution in [3.63, 3.8) is 0 Å². The average molecular weight is 687 g/mol. The Kier molecular flexibility index (Phi) is 10.3. The van der Waals surface area contributed by atoms with Gasteiger partial charge in [0.15, 0.2) is 0 Å². The van der Waals surface area contributed by atoms with Crippen LogP contribution in [0.1, 0.15) is 28.9 Å². The van der Waals surface area contributed by atoms with Gasteiger partial charge in [0.05, 0.1) is 74.2 Å². The Balaban J connectivity index is 0.981. The van der Waals surface area contributed by atoms with E-state index in [1.807, 2.05) is 42.5 Å². The summed E-state index contributed by atoms with van der Waals surface area (Å²) in [6.07, 6.45) is -0.0555. The Morgan fingerprint density at radius 2 is 1.27 bits per heavy atom. The van der Waals surface area contributed by atoms with Gasteiger partial charge in [0, 0.05) is 26.2 Å². The van der Waals surface area contributed by atoms with E-state index in [0.717, 1.165) is 116 Å². The lowest BCUT2D eigenvalue weighted by atomic mass is 10.1. The maximum absolute atomic E-state index is 6.40. The molecule has 6 aromatic rings. The van der Waals surface area contributed by atoms with Crippen molar-refractivity contribution in [1.29, 1.82) is 0 Å². The summed E-state index contributed by atoms with van der Waals surface area (Å²) >= 11 is 0. The molecule has 0 N–H and O–H groups in total. The zero-order chi connectivity index (χ0) is 34.4. The van der Waals surface area contributed by atoms with Gasteiger partial charge in [0.2, 0.25) is 0 Å². The van der Waals surface area contributed by atoms with Gasteiger partial charge in [-0.05, 0) is 61.0 Å². The first-order valence-electron chi connectivity index (χ1n) is 18.1. The van der Waals surface area contributed by atoms with Crippen LogP contribution in [0.15, 0.2) is 97.1 Å². The van der Waals surface area contributed by atoms with Gasteiger partial charge < -0.3 is 28.1 Å². The van der Waals surface area contributed by atoms with Crippen molar-refractivity contribution >= 4 is 22.1 Å². The molecule has 2 aromatic heterocycles. The third-order valence-electron chi connectivity index (χ3n) is 9.87. The highest BCUT2D eigenvalue weighted by molar-refractivity contribution is 5.77. The minimum Gasteiger partial charge on any atom is -0.492 e. The van der Waals surface area contributed by atoms with E-state index in [-0.39, 0.29) is 6.10 Å². The molecule has 0 aliphatic carbocycles. The second kappa shape index (κ2) is 15.7. The molecule has 10 heteroatoms. The molecule has 0 amide bonds. The highest BCUT2D eigenvalue weighted by Crippen LogP contribution is 2.28. The second-order valence-electron chi connectivity index (χ2n) is 13.4. The summed E-state index contributed by atoms with van der Waals surface area (Å²) in [5.74, 6) is 3.86. The third-order valence-corrected chi connectivity index (χ3v) is 9.87. The first kappa shape index (κ1) is 33.4. The Hall–Kier alpha value is -4.74. The van der Waals surface area contributed by atoms with Crippen LogP contribution < -0.4 is 9.47 Å². The monoisotopic (exact) mass is 686 g/mol. The van der Waals surface area contributed by atoms with Gasteiger partial charge in [0.1, 0.15) is 36.4 Å². The van der Waals surface area contributed by atoms with Crippen LogP contribution in [0.25, 0.3) is 22.1 Å². The van der Waals surface area contributed by atoms with E-state index >= 15 is 0 Å². The van der Waals surface area contributed by atoms with Crippen LogP contribution in [0.3, 0.4) is 0 Å². The summed E-state index contributed by atoms with van der Waals surface area (Å²) in [5.41, 5.74) is 6.63. The van der Waals surface area contributed by atoms with E-state index in [2.05, 4.69) is 80.5 Å². The molecule has 2 aliphatic heterocycles. The number of hydrogen-bond donors (Lipinski definition) is 0. The fraction of sp³-hybridized carbons (Fsp3) is 0.366. The predicted molar refractivity (Wildman–Crippen MR) is 198 cm³/mol. The van der Waals surface area contributed by atoms with Gasteiger partial charge in [-0.2, -0.15) is 0 Å². The van der Waals surface area contributed by atoms with Crippen molar-refractivity contribution < 1.29 is 18.9 Å². The van der Waals surface area contributed by atoms with E-state index in [9.17, 15) is 0 Å². The number of morpholine rings is 2. The van der Waals surface area contributed by atoms with Crippen LogP contribution in [0, 0.1) is 6.92 Å². The average Bonchev–Trinajstić information content (AvgIpc) is 3.69. The van der Waals surface area contributed by atoms with E-state index in [4.69, 9.17) is 28.9 Å². The number of hydrogen-bond acceptors (Lipinski definition) is 8. The number of benzene rings is 4. The molecule has 4 aromatic carbocycles. The topological polar surface area (TPSA) is 79.0 Å². The molecule has 2 fully saturated rings. The van der Waals surface area contributed by atoms with E-state index in [1.54, 1.807) is 0 Å². The molecular formula is C41H46N6O4. The standard InChI is InChI=1S/C41H46N6O4/c1-31-11-14-34(15-12-31)50-26-20-46-37-10-6-5-9-35(37)42-41(46)30-45-19-24-51-39(28-45)32-13-16-38-36(27-32)43-40(29-44-17-22-48-23-18-44)47(38)21-25-49-33-7-3-2-4-8-33/h2-16,27,39H,17-26,28-30H2,1H3. The first-order chi connectivity index (χ1) is 25.2. The van der Waals surface area contributed by atoms with Gasteiger partial charge in [-0.3, -0.25) is 9.80 Å². The Bertz CT molecular complexity index is 2040. The maximum atomic E-state index is 6.40. The lowest BCUT2D eigenvalue weighted by Gasteiger charge is -2.33. The lowest BCUT2D eigenvalue weighted by Crippen LogP contribution is -2.38. The fourth-order valence-corrected chi connectivity index (χ4v) is 7.13.